The number of hydrogen-bond donors (Lipinski definition) is 1. The minimum atomic E-state index is -0.371. The molecule has 1 N–H and O–H groups in total. The van der Waals surface area contributed by atoms with Crippen molar-refractivity contribution in [3.05, 3.63) is 36.4 Å². The van der Waals surface area contributed by atoms with Crippen molar-refractivity contribution in [3.63, 3.8) is 0 Å². The first kappa shape index (κ1) is 11.1. The van der Waals surface area contributed by atoms with E-state index in [-0.39, 0.29) is 18.1 Å². The summed E-state index contributed by atoms with van der Waals surface area (Å²) < 4.78 is 10.6. The van der Waals surface area contributed by atoms with Crippen molar-refractivity contribution < 1.29 is 14.3 Å². The summed E-state index contributed by atoms with van der Waals surface area (Å²) in [6.07, 6.45) is 3.46. The molecule has 4 heteroatoms. The molecule has 0 radical (unpaired) electrons. The molecule has 18 heavy (non-hydrogen) atoms. The Bertz CT molecular complexity index is 506. The van der Waals surface area contributed by atoms with Crippen molar-refractivity contribution in [3.8, 4) is 11.5 Å². The number of rotatable bonds is 4. The lowest BCUT2D eigenvalue weighted by atomic mass is 9.94. The van der Waals surface area contributed by atoms with Crippen molar-refractivity contribution in [2.75, 3.05) is 13.3 Å². The van der Waals surface area contributed by atoms with Crippen LogP contribution in [0.25, 0.3) is 0 Å². The fourth-order valence-corrected chi connectivity index (χ4v) is 2.30. The highest BCUT2D eigenvalue weighted by Crippen LogP contribution is 2.50. The molecule has 1 aliphatic carbocycles. The molecule has 1 amide bonds. The average molecular weight is 245 g/mol. The van der Waals surface area contributed by atoms with Crippen molar-refractivity contribution in [1.29, 1.82) is 0 Å². The Balaban J connectivity index is 1.85. The molecular weight excluding hydrogens is 230 g/mol. The first-order chi connectivity index (χ1) is 8.76. The Morgan fingerprint density at radius 2 is 2.17 bits per heavy atom. The molecule has 0 aromatic heterocycles. The maximum Gasteiger partial charge on any atom is 0.231 e. The quantitative estimate of drug-likeness (QED) is 0.822. The Kier molecular flexibility index (Phi) is 2.51. The van der Waals surface area contributed by atoms with E-state index in [0.29, 0.717) is 6.54 Å². The van der Waals surface area contributed by atoms with E-state index in [1.807, 2.05) is 18.2 Å². The zero-order chi connectivity index (χ0) is 12.6. The molecule has 0 unspecified atom stereocenters. The maximum atomic E-state index is 12.2. The van der Waals surface area contributed by atoms with E-state index in [0.717, 1.165) is 29.9 Å². The van der Waals surface area contributed by atoms with Gasteiger partial charge in [0.05, 0.1) is 5.41 Å². The molecule has 3 rings (SSSR count). The van der Waals surface area contributed by atoms with Gasteiger partial charge in [0, 0.05) is 6.54 Å². The number of nitrogens with one attached hydrogen (secondary N) is 1. The summed E-state index contributed by atoms with van der Waals surface area (Å²) in [6.45, 7) is 4.37. The number of amides is 1. The van der Waals surface area contributed by atoms with Gasteiger partial charge in [0.2, 0.25) is 12.7 Å². The summed E-state index contributed by atoms with van der Waals surface area (Å²) in [5.41, 5.74) is 0.637. The van der Waals surface area contributed by atoms with Gasteiger partial charge in [-0.1, -0.05) is 12.1 Å². The van der Waals surface area contributed by atoms with Crippen LogP contribution in [-0.2, 0) is 10.2 Å². The van der Waals surface area contributed by atoms with Crippen molar-refractivity contribution in [1.82, 2.24) is 5.32 Å². The van der Waals surface area contributed by atoms with Crippen molar-refractivity contribution in [2.45, 2.75) is 18.3 Å². The lowest BCUT2D eigenvalue weighted by Crippen LogP contribution is -2.34. The first-order valence-electron chi connectivity index (χ1n) is 6.05. The highest BCUT2D eigenvalue weighted by atomic mass is 16.7. The predicted octanol–water partition coefficient (Wildman–Crippen LogP) is 1.75. The van der Waals surface area contributed by atoms with Gasteiger partial charge in [-0.05, 0) is 30.5 Å². The van der Waals surface area contributed by atoms with Gasteiger partial charge in [-0.25, -0.2) is 0 Å². The largest absolute Gasteiger partial charge is 0.454 e. The maximum absolute atomic E-state index is 12.2. The van der Waals surface area contributed by atoms with Gasteiger partial charge in [0.25, 0.3) is 0 Å². The zero-order valence-electron chi connectivity index (χ0n) is 10.1. The van der Waals surface area contributed by atoms with Crippen LogP contribution in [0.2, 0.25) is 0 Å². The zero-order valence-corrected chi connectivity index (χ0v) is 10.1. The van der Waals surface area contributed by atoms with E-state index in [4.69, 9.17) is 9.47 Å². The smallest absolute Gasteiger partial charge is 0.231 e. The highest BCUT2D eigenvalue weighted by Gasteiger charge is 2.51. The molecule has 1 saturated carbocycles. The van der Waals surface area contributed by atoms with Crippen LogP contribution in [0.4, 0.5) is 0 Å². The van der Waals surface area contributed by atoms with Crippen LogP contribution >= 0.6 is 0 Å². The second-order valence-corrected chi connectivity index (χ2v) is 4.65. The number of benzene rings is 1. The average Bonchev–Trinajstić information content (AvgIpc) is 3.07. The standard InChI is InChI=1S/C14H15NO3/c1-2-7-15-13(16)14(5-6-14)10-3-4-11-12(8-10)18-9-17-11/h2-4,8H,1,5-7,9H2,(H,15,16). The van der Waals surface area contributed by atoms with E-state index in [9.17, 15) is 4.79 Å². The second kappa shape index (κ2) is 4.05. The van der Waals surface area contributed by atoms with E-state index in [2.05, 4.69) is 11.9 Å². The Labute approximate surface area is 106 Å². The third-order valence-corrected chi connectivity index (χ3v) is 3.52. The molecule has 0 saturated heterocycles. The molecule has 4 nitrogen and oxygen atoms in total. The van der Waals surface area contributed by atoms with Gasteiger partial charge in [-0.2, -0.15) is 0 Å². The molecule has 0 spiro atoms. The summed E-state index contributed by atoms with van der Waals surface area (Å²) in [4.78, 5) is 12.2. The normalized spacial score (nSPS) is 18.2. The van der Waals surface area contributed by atoms with E-state index in [1.54, 1.807) is 6.08 Å². The van der Waals surface area contributed by atoms with E-state index < -0.39 is 0 Å². The fourth-order valence-electron chi connectivity index (χ4n) is 2.30. The van der Waals surface area contributed by atoms with Gasteiger partial charge in [0.15, 0.2) is 11.5 Å². The SMILES string of the molecule is C=CCNC(=O)C1(c2ccc3c(c2)OCO3)CC1. The monoisotopic (exact) mass is 245 g/mol. The van der Waals surface area contributed by atoms with Gasteiger partial charge in [-0.15, -0.1) is 6.58 Å². The molecule has 1 aromatic rings. The van der Waals surface area contributed by atoms with Crippen LogP contribution in [0.3, 0.4) is 0 Å². The minimum Gasteiger partial charge on any atom is -0.454 e. The molecular formula is C14H15NO3. The lowest BCUT2D eigenvalue weighted by Gasteiger charge is -2.15. The topological polar surface area (TPSA) is 47.6 Å². The van der Waals surface area contributed by atoms with Gasteiger partial charge in [-0.3, -0.25) is 4.79 Å². The first-order valence-corrected chi connectivity index (χ1v) is 6.05. The second-order valence-electron chi connectivity index (χ2n) is 4.65. The van der Waals surface area contributed by atoms with E-state index >= 15 is 0 Å². The number of ether oxygens (including phenoxy) is 2. The van der Waals surface area contributed by atoms with Gasteiger partial charge in [0.1, 0.15) is 0 Å². The van der Waals surface area contributed by atoms with E-state index in [1.165, 1.54) is 0 Å². The van der Waals surface area contributed by atoms with Crippen LogP contribution in [0.5, 0.6) is 11.5 Å². The van der Waals surface area contributed by atoms with Crippen molar-refractivity contribution in [2.24, 2.45) is 0 Å². The van der Waals surface area contributed by atoms with Crippen LogP contribution in [-0.4, -0.2) is 19.2 Å². The third-order valence-electron chi connectivity index (χ3n) is 3.52. The molecule has 2 aliphatic rings. The summed E-state index contributed by atoms with van der Waals surface area (Å²) in [5, 5.41) is 2.87. The van der Waals surface area contributed by atoms with Crippen molar-refractivity contribution >= 4 is 5.91 Å². The molecule has 0 atom stereocenters. The molecule has 1 fully saturated rings. The molecule has 1 heterocycles. The lowest BCUT2D eigenvalue weighted by molar-refractivity contribution is -0.123. The van der Waals surface area contributed by atoms with Crippen LogP contribution < -0.4 is 14.8 Å². The molecule has 0 bridgehead atoms. The Morgan fingerprint density at radius 3 is 2.89 bits per heavy atom. The number of carbonyl (C=O) groups is 1. The molecule has 94 valence electrons. The summed E-state index contributed by atoms with van der Waals surface area (Å²) in [7, 11) is 0. The summed E-state index contributed by atoms with van der Waals surface area (Å²) >= 11 is 0. The summed E-state index contributed by atoms with van der Waals surface area (Å²) in [5.74, 6) is 1.55. The predicted molar refractivity (Wildman–Crippen MR) is 66.7 cm³/mol. The minimum absolute atomic E-state index is 0.0706. The van der Waals surface area contributed by atoms with Crippen LogP contribution in [0.1, 0.15) is 18.4 Å². The third kappa shape index (κ3) is 1.65. The summed E-state index contributed by atoms with van der Waals surface area (Å²) in [6, 6.07) is 5.75. The Hall–Kier alpha value is -1.97. The molecule has 1 aliphatic heterocycles. The van der Waals surface area contributed by atoms with Gasteiger partial charge >= 0.3 is 0 Å². The van der Waals surface area contributed by atoms with Crippen LogP contribution in [0, 0.1) is 0 Å². The molecule has 1 aromatic carbocycles. The number of carbonyl (C=O) groups excluding carboxylic acids is 1. The number of hydrogen-bond acceptors (Lipinski definition) is 3. The number of fused-ring (bicyclic) bond motifs is 1. The van der Waals surface area contributed by atoms with Gasteiger partial charge < -0.3 is 14.8 Å². The Morgan fingerprint density at radius 1 is 1.39 bits per heavy atom. The highest BCUT2D eigenvalue weighted by molar-refractivity contribution is 5.91. The van der Waals surface area contributed by atoms with Crippen LogP contribution in [0.15, 0.2) is 30.9 Å². The fraction of sp³-hybridized carbons (Fsp3) is 0.357.